The van der Waals surface area contributed by atoms with Crippen LogP contribution < -0.4 is 10.9 Å². The first-order valence-electron chi connectivity index (χ1n) is 4.98. The van der Waals surface area contributed by atoms with E-state index in [0.29, 0.717) is 0 Å². The molecule has 1 atom stereocenters. The molecule has 102 valence electrons. The van der Waals surface area contributed by atoms with Crippen molar-refractivity contribution in [1.29, 1.82) is 0 Å². The number of alkyl halides is 3. The van der Waals surface area contributed by atoms with Crippen molar-refractivity contribution in [2.45, 2.75) is 45.0 Å². The van der Waals surface area contributed by atoms with Crippen LogP contribution in [-0.2, 0) is 4.74 Å². The molecule has 0 heterocycles. The first-order valence-corrected chi connectivity index (χ1v) is 4.98. The SMILES string of the molecule is CC(C)(C)OC(=O)NN[C@@H](CCO)C(F)(F)F. The zero-order valence-electron chi connectivity index (χ0n) is 9.89. The minimum atomic E-state index is -4.56. The maximum Gasteiger partial charge on any atom is 0.422 e. The number of carbonyl (C=O) groups is 1. The summed E-state index contributed by atoms with van der Waals surface area (Å²) in [6.07, 6.45) is -6.12. The lowest BCUT2D eigenvalue weighted by Crippen LogP contribution is -2.52. The van der Waals surface area contributed by atoms with Crippen LogP contribution in [0.5, 0.6) is 0 Å². The zero-order valence-corrected chi connectivity index (χ0v) is 9.89. The Balaban J connectivity index is 4.18. The standard InChI is InChI=1S/C9H17F3N2O3/c1-8(2,3)17-7(16)14-13-6(4-5-15)9(10,11)12/h6,13,15H,4-5H2,1-3H3,(H,14,16)/t6-/m0/s1. The minimum Gasteiger partial charge on any atom is -0.443 e. The molecule has 0 unspecified atom stereocenters. The maximum atomic E-state index is 12.3. The van der Waals surface area contributed by atoms with Gasteiger partial charge in [0.15, 0.2) is 0 Å². The summed E-state index contributed by atoms with van der Waals surface area (Å²) >= 11 is 0. The van der Waals surface area contributed by atoms with Crippen molar-refractivity contribution in [3.8, 4) is 0 Å². The number of rotatable bonds is 4. The van der Waals surface area contributed by atoms with E-state index in [1.165, 1.54) is 0 Å². The van der Waals surface area contributed by atoms with Crippen LogP contribution in [0.25, 0.3) is 0 Å². The number of aliphatic hydroxyl groups is 1. The molecule has 1 amide bonds. The van der Waals surface area contributed by atoms with Crippen LogP contribution >= 0.6 is 0 Å². The summed E-state index contributed by atoms with van der Waals surface area (Å²) < 4.78 is 41.7. The van der Waals surface area contributed by atoms with Gasteiger partial charge in [0.1, 0.15) is 11.6 Å². The van der Waals surface area contributed by atoms with Crippen molar-refractivity contribution in [3.05, 3.63) is 0 Å². The predicted octanol–water partition coefficient (Wildman–Crippen LogP) is 1.33. The van der Waals surface area contributed by atoms with Gasteiger partial charge in [-0.15, -0.1) is 0 Å². The molecule has 0 aromatic heterocycles. The predicted molar refractivity (Wildman–Crippen MR) is 54.1 cm³/mol. The van der Waals surface area contributed by atoms with Gasteiger partial charge in [-0.05, 0) is 27.2 Å². The molecule has 0 saturated carbocycles. The molecule has 0 bridgehead atoms. The van der Waals surface area contributed by atoms with Gasteiger partial charge in [0.05, 0.1) is 0 Å². The Morgan fingerprint density at radius 2 is 1.88 bits per heavy atom. The second-order valence-electron chi connectivity index (χ2n) is 4.38. The average Bonchev–Trinajstić information content (AvgIpc) is 2.07. The summed E-state index contributed by atoms with van der Waals surface area (Å²) in [7, 11) is 0. The first-order chi connectivity index (χ1) is 7.56. The third-order valence-corrected chi connectivity index (χ3v) is 1.56. The fourth-order valence-electron chi connectivity index (χ4n) is 0.896. The molecule has 0 aliphatic carbocycles. The highest BCUT2D eigenvalue weighted by molar-refractivity contribution is 5.67. The quantitative estimate of drug-likeness (QED) is 0.665. The lowest BCUT2D eigenvalue weighted by atomic mass is 10.2. The molecule has 0 radical (unpaired) electrons. The number of carbonyl (C=O) groups excluding carboxylic acids is 1. The third-order valence-electron chi connectivity index (χ3n) is 1.56. The summed E-state index contributed by atoms with van der Waals surface area (Å²) in [6.45, 7) is 4.11. The van der Waals surface area contributed by atoms with Crippen LogP contribution in [0.1, 0.15) is 27.2 Å². The molecule has 5 nitrogen and oxygen atoms in total. The Morgan fingerprint density at radius 3 is 2.24 bits per heavy atom. The van der Waals surface area contributed by atoms with E-state index < -0.39 is 36.9 Å². The van der Waals surface area contributed by atoms with E-state index in [2.05, 4.69) is 0 Å². The van der Waals surface area contributed by atoms with Crippen molar-refractivity contribution in [2.24, 2.45) is 0 Å². The highest BCUT2D eigenvalue weighted by Gasteiger charge is 2.39. The number of ether oxygens (including phenoxy) is 1. The second kappa shape index (κ2) is 6.06. The van der Waals surface area contributed by atoms with E-state index in [0.717, 1.165) is 0 Å². The number of amides is 1. The maximum absolute atomic E-state index is 12.3. The molecular weight excluding hydrogens is 241 g/mol. The summed E-state index contributed by atoms with van der Waals surface area (Å²) in [4.78, 5) is 11.1. The second-order valence-corrected chi connectivity index (χ2v) is 4.38. The van der Waals surface area contributed by atoms with Crippen LogP contribution in [0.2, 0.25) is 0 Å². The van der Waals surface area contributed by atoms with Crippen LogP contribution in [-0.4, -0.2) is 35.6 Å². The molecule has 3 N–H and O–H groups in total. The molecule has 8 heteroatoms. The number of hydrazine groups is 1. The molecule has 0 saturated heterocycles. The number of nitrogens with one attached hydrogen (secondary N) is 2. The number of hydrogen-bond acceptors (Lipinski definition) is 4. The molecule has 0 rings (SSSR count). The average molecular weight is 258 g/mol. The minimum absolute atomic E-state index is 0.556. The normalized spacial score (nSPS) is 14.3. The summed E-state index contributed by atoms with van der Waals surface area (Å²) in [5.41, 5.74) is 2.77. The van der Waals surface area contributed by atoms with Crippen LogP contribution in [0.3, 0.4) is 0 Å². The van der Waals surface area contributed by atoms with E-state index in [-0.39, 0.29) is 0 Å². The van der Waals surface area contributed by atoms with Gasteiger partial charge in [0, 0.05) is 6.61 Å². The van der Waals surface area contributed by atoms with Crippen molar-refractivity contribution in [2.75, 3.05) is 6.61 Å². The molecule has 0 aromatic carbocycles. The smallest absolute Gasteiger partial charge is 0.422 e. The van der Waals surface area contributed by atoms with Gasteiger partial charge in [-0.1, -0.05) is 0 Å². The summed E-state index contributed by atoms with van der Waals surface area (Å²) in [5.74, 6) is 0. The zero-order chi connectivity index (χ0) is 13.7. The van der Waals surface area contributed by atoms with Gasteiger partial charge in [0.2, 0.25) is 0 Å². The van der Waals surface area contributed by atoms with Crippen molar-refractivity contribution in [3.63, 3.8) is 0 Å². The molecule has 0 fully saturated rings. The van der Waals surface area contributed by atoms with E-state index in [1.54, 1.807) is 31.6 Å². The van der Waals surface area contributed by atoms with E-state index in [4.69, 9.17) is 9.84 Å². The van der Waals surface area contributed by atoms with Crippen LogP contribution in [0, 0.1) is 0 Å². The molecule has 0 aliphatic rings. The number of hydrogen-bond donors (Lipinski definition) is 3. The van der Waals surface area contributed by atoms with Gasteiger partial charge in [-0.3, -0.25) is 5.43 Å². The Hall–Kier alpha value is -1.02. The number of halogens is 3. The van der Waals surface area contributed by atoms with Crippen molar-refractivity contribution < 1.29 is 27.8 Å². The van der Waals surface area contributed by atoms with E-state index in [9.17, 15) is 18.0 Å². The Bertz CT molecular complexity index is 251. The van der Waals surface area contributed by atoms with Gasteiger partial charge in [-0.2, -0.15) is 13.2 Å². The molecular formula is C9H17F3N2O3. The van der Waals surface area contributed by atoms with Crippen LogP contribution in [0.4, 0.5) is 18.0 Å². The van der Waals surface area contributed by atoms with E-state index in [1.807, 2.05) is 0 Å². The van der Waals surface area contributed by atoms with Gasteiger partial charge in [0.25, 0.3) is 0 Å². The topological polar surface area (TPSA) is 70.6 Å². The van der Waals surface area contributed by atoms with Crippen molar-refractivity contribution >= 4 is 6.09 Å². The van der Waals surface area contributed by atoms with E-state index >= 15 is 0 Å². The monoisotopic (exact) mass is 258 g/mol. The Labute approximate surface area is 97.3 Å². The first kappa shape index (κ1) is 16.0. The molecule has 0 aromatic rings. The Morgan fingerprint density at radius 1 is 1.35 bits per heavy atom. The fraction of sp³-hybridized carbons (Fsp3) is 0.889. The van der Waals surface area contributed by atoms with Crippen molar-refractivity contribution in [1.82, 2.24) is 10.9 Å². The molecule has 17 heavy (non-hydrogen) atoms. The molecule has 0 spiro atoms. The highest BCUT2D eigenvalue weighted by atomic mass is 19.4. The lowest BCUT2D eigenvalue weighted by Gasteiger charge is -2.23. The lowest BCUT2D eigenvalue weighted by molar-refractivity contribution is -0.161. The highest BCUT2D eigenvalue weighted by Crippen LogP contribution is 2.21. The third kappa shape index (κ3) is 7.81. The fourth-order valence-corrected chi connectivity index (χ4v) is 0.896. The van der Waals surface area contributed by atoms with Gasteiger partial charge >= 0.3 is 12.3 Å². The largest absolute Gasteiger partial charge is 0.443 e. The molecule has 0 aliphatic heterocycles. The van der Waals surface area contributed by atoms with Gasteiger partial charge < -0.3 is 9.84 Å². The number of aliphatic hydroxyl groups excluding tert-OH is 1. The summed E-state index contributed by atoms with van der Waals surface area (Å²) in [5, 5.41) is 8.47. The summed E-state index contributed by atoms with van der Waals surface area (Å²) in [6, 6.07) is -2.01. The van der Waals surface area contributed by atoms with Gasteiger partial charge in [-0.25, -0.2) is 10.2 Å². The van der Waals surface area contributed by atoms with Crippen LogP contribution in [0.15, 0.2) is 0 Å². The Kier molecular flexibility index (Phi) is 5.70.